The third-order valence-corrected chi connectivity index (χ3v) is 5.20. The molecule has 1 aromatic heterocycles. The van der Waals surface area contributed by atoms with Gasteiger partial charge < -0.3 is 15.1 Å². The van der Waals surface area contributed by atoms with Crippen LogP contribution < -0.4 is 10.6 Å². The number of nitrogens with one attached hydrogen (secondary N) is 2. The van der Waals surface area contributed by atoms with Crippen LogP contribution in [0.4, 0.5) is 4.39 Å². The van der Waals surface area contributed by atoms with Crippen LogP contribution in [0.3, 0.4) is 0 Å². The van der Waals surface area contributed by atoms with E-state index in [0.717, 1.165) is 15.8 Å². The van der Waals surface area contributed by atoms with Gasteiger partial charge in [-0.2, -0.15) is 0 Å². The first-order chi connectivity index (χ1) is 12.6. The van der Waals surface area contributed by atoms with E-state index >= 15 is 0 Å². The summed E-state index contributed by atoms with van der Waals surface area (Å²) in [6, 6.07) is 14.1. The highest BCUT2D eigenvalue weighted by atomic mass is 35.5. The standard InChI is InChI=1S/C20H21FN2O2S.ClH/c1-13(22-2)11-23-20(24)19-17(16-5-3-4-6-18(16)25-19)12-26-15-9-7-14(21)8-10-15;/h3-10,13,22H,11-12H2,1-2H3,(H,23,24);1H. The fourth-order valence-corrected chi connectivity index (χ4v) is 3.47. The molecule has 0 radical (unpaired) electrons. The predicted octanol–water partition coefficient (Wildman–Crippen LogP) is 4.62. The van der Waals surface area contributed by atoms with Crippen molar-refractivity contribution in [1.29, 1.82) is 0 Å². The number of hydrogen-bond acceptors (Lipinski definition) is 4. The SMILES string of the molecule is CNC(C)CNC(=O)c1oc2ccccc2c1CSc1ccc(F)cc1.Cl. The molecular weight excluding hydrogens is 387 g/mol. The third kappa shape index (κ3) is 5.25. The van der Waals surface area contributed by atoms with Gasteiger partial charge in [-0.15, -0.1) is 24.2 Å². The summed E-state index contributed by atoms with van der Waals surface area (Å²) < 4.78 is 18.9. The van der Waals surface area contributed by atoms with Crippen molar-refractivity contribution in [3.05, 3.63) is 65.7 Å². The van der Waals surface area contributed by atoms with Crippen LogP contribution in [0.15, 0.2) is 57.8 Å². The van der Waals surface area contributed by atoms with Gasteiger partial charge in [-0.05, 0) is 44.3 Å². The maximum Gasteiger partial charge on any atom is 0.287 e. The summed E-state index contributed by atoms with van der Waals surface area (Å²) in [4.78, 5) is 13.6. The molecule has 27 heavy (non-hydrogen) atoms. The lowest BCUT2D eigenvalue weighted by Gasteiger charge is -2.11. The Labute approximate surface area is 168 Å². The predicted molar refractivity (Wildman–Crippen MR) is 110 cm³/mol. The molecule has 7 heteroatoms. The van der Waals surface area contributed by atoms with E-state index < -0.39 is 0 Å². The van der Waals surface area contributed by atoms with Crippen molar-refractivity contribution in [1.82, 2.24) is 10.6 Å². The molecular formula is C20H22ClFN2O2S. The Hall–Kier alpha value is -2.02. The van der Waals surface area contributed by atoms with Gasteiger partial charge in [0.15, 0.2) is 5.76 Å². The minimum atomic E-state index is -0.262. The molecule has 0 saturated carbocycles. The molecule has 0 fully saturated rings. The zero-order chi connectivity index (χ0) is 18.5. The summed E-state index contributed by atoms with van der Waals surface area (Å²) in [6.07, 6.45) is 0. The Balaban J connectivity index is 0.00000261. The van der Waals surface area contributed by atoms with Crippen LogP contribution in [0.2, 0.25) is 0 Å². The first kappa shape index (κ1) is 21.3. The van der Waals surface area contributed by atoms with Crippen molar-refractivity contribution < 1.29 is 13.6 Å². The van der Waals surface area contributed by atoms with Gasteiger partial charge in [0.05, 0.1) is 0 Å². The van der Waals surface area contributed by atoms with Crippen molar-refractivity contribution in [2.45, 2.75) is 23.6 Å². The summed E-state index contributed by atoms with van der Waals surface area (Å²) in [5.74, 6) is 0.413. The fourth-order valence-electron chi connectivity index (χ4n) is 2.54. The lowest BCUT2D eigenvalue weighted by molar-refractivity contribution is 0.0924. The van der Waals surface area contributed by atoms with E-state index in [9.17, 15) is 9.18 Å². The number of fused-ring (bicyclic) bond motifs is 1. The second-order valence-corrected chi connectivity index (χ2v) is 7.10. The normalized spacial score (nSPS) is 11.8. The van der Waals surface area contributed by atoms with Crippen LogP contribution in [-0.2, 0) is 5.75 Å². The van der Waals surface area contributed by atoms with Crippen LogP contribution in [0.1, 0.15) is 23.0 Å². The number of para-hydroxylation sites is 1. The molecule has 0 aliphatic heterocycles. The summed E-state index contributed by atoms with van der Waals surface area (Å²) in [6.45, 7) is 2.50. The lowest BCUT2D eigenvalue weighted by Crippen LogP contribution is -2.37. The van der Waals surface area contributed by atoms with Crippen molar-refractivity contribution in [3.63, 3.8) is 0 Å². The Bertz CT molecular complexity index is 899. The first-order valence-corrected chi connectivity index (χ1v) is 9.41. The first-order valence-electron chi connectivity index (χ1n) is 8.42. The number of amides is 1. The average molecular weight is 409 g/mol. The molecule has 2 N–H and O–H groups in total. The Morgan fingerprint density at radius 3 is 2.59 bits per heavy atom. The highest BCUT2D eigenvalue weighted by molar-refractivity contribution is 7.98. The van der Waals surface area contributed by atoms with E-state index in [1.54, 1.807) is 23.9 Å². The maximum absolute atomic E-state index is 13.1. The molecule has 1 amide bonds. The molecule has 1 atom stereocenters. The lowest BCUT2D eigenvalue weighted by atomic mass is 10.1. The highest BCUT2D eigenvalue weighted by Gasteiger charge is 2.20. The number of hydrogen-bond donors (Lipinski definition) is 2. The molecule has 0 aliphatic carbocycles. The molecule has 0 aliphatic rings. The van der Waals surface area contributed by atoms with Crippen LogP contribution in [0, 0.1) is 5.82 Å². The topological polar surface area (TPSA) is 54.3 Å². The molecule has 3 aromatic rings. The van der Waals surface area contributed by atoms with Crippen molar-refractivity contribution in [2.75, 3.05) is 13.6 Å². The fraction of sp³-hybridized carbons (Fsp3) is 0.250. The smallest absolute Gasteiger partial charge is 0.287 e. The molecule has 3 rings (SSSR count). The van der Waals surface area contributed by atoms with Crippen LogP contribution in [0.25, 0.3) is 11.0 Å². The molecule has 144 valence electrons. The van der Waals surface area contributed by atoms with Crippen LogP contribution in [0.5, 0.6) is 0 Å². The van der Waals surface area contributed by atoms with Gasteiger partial charge in [0.25, 0.3) is 5.91 Å². The zero-order valence-corrected chi connectivity index (χ0v) is 16.8. The van der Waals surface area contributed by atoms with E-state index in [-0.39, 0.29) is 30.2 Å². The Kier molecular flexibility index (Phi) is 7.71. The van der Waals surface area contributed by atoms with Gasteiger partial charge in [-0.25, -0.2) is 4.39 Å². The van der Waals surface area contributed by atoms with Crippen molar-refractivity contribution in [3.8, 4) is 0 Å². The van der Waals surface area contributed by atoms with Gasteiger partial charge in [-0.1, -0.05) is 18.2 Å². The summed E-state index contributed by atoms with van der Waals surface area (Å²) >= 11 is 1.54. The minimum absolute atomic E-state index is 0. The van der Waals surface area contributed by atoms with Gasteiger partial charge in [-0.3, -0.25) is 4.79 Å². The number of carbonyl (C=O) groups excluding carboxylic acids is 1. The third-order valence-electron chi connectivity index (χ3n) is 4.16. The molecule has 2 aromatic carbocycles. The molecule has 4 nitrogen and oxygen atoms in total. The number of furan rings is 1. The van der Waals surface area contributed by atoms with Gasteiger partial charge in [0.2, 0.25) is 0 Å². The number of halogens is 2. The highest BCUT2D eigenvalue weighted by Crippen LogP contribution is 2.32. The second-order valence-electron chi connectivity index (χ2n) is 6.05. The summed E-state index contributed by atoms with van der Waals surface area (Å²) in [5, 5.41) is 6.91. The number of carbonyl (C=O) groups is 1. The van der Waals surface area contributed by atoms with E-state index in [2.05, 4.69) is 10.6 Å². The Morgan fingerprint density at radius 2 is 1.89 bits per heavy atom. The second kappa shape index (κ2) is 9.78. The van der Waals surface area contributed by atoms with Crippen molar-refractivity contribution >= 4 is 41.0 Å². The maximum atomic E-state index is 13.1. The van der Waals surface area contributed by atoms with Crippen molar-refractivity contribution in [2.24, 2.45) is 0 Å². The molecule has 0 saturated heterocycles. The molecule has 0 bridgehead atoms. The van der Waals surface area contributed by atoms with E-state index in [1.807, 2.05) is 38.2 Å². The molecule has 1 heterocycles. The zero-order valence-electron chi connectivity index (χ0n) is 15.1. The number of likely N-dealkylation sites (N-methyl/N-ethyl adjacent to an activating group) is 1. The monoisotopic (exact) mass is 408 g/mol. The number of benzene rings is 2. The molecule has 0 spiro atoms. The van der Waals surface area contributed by atoms with Gasteiger partial charge in [0, 0.05) is 34.2 Å². The summed E-state index contributed by atoms with van der Waals surface area (Å²) in [5.41, 5.74) is 1.54. The Morgan fingerprint density at radius 1 is 1.19 bits per heavy atom. The quantitative estimate of drug-likeness (QED) is 0.560. The number of thioether (sulfide) groups is 1. The van der Waals surface area contributed by atoms with Crippen LogP contribution >= 0.6 is 24.2 Å². The summed E-state index contributed by atoms with van der Waals surface area (Å²) in [7, 11) is 1.85. The molecule has 1 unspecified atom stereocenters. The van der Waals surface area contributed by atoms with E-state index in [1.165, 1.54) is 12.1 Å². The number of rotatable bonds is 7. The average Bonchev–Trinajstić information content (AvgIpc) is 3.04. The minimum Gasteiger partial charge on any atom is -0.451 e. The largest absolute Gasteiger partial charge is 0.451 e. The van der Waals surface area contributed by atoms with Crippen LogP contribution in [-0.4, -0.2) is 25.5 Å². The van der Waals surface area contributed by atoms with Gasteiger partial charge >= 0.3 is 0 Å². The van der Waals surface area contributed by atoms with E-state index in [4.69, 9.17) is 4.42 Å². The van der Waals surface area contributed by atoms with E-state index in [0.29, 0.717) is 23.6 Å². The van der Waals surface area contributed by atoms with Gasteiger partial charge in [0.1, 0.15) is 11.4 Å².